The lowest BCUT2D eigenvalue weighted by Gasteiger charge is -2.18. The molecule has 2 heterocycles. The smallest absolute Gasteiger partial charge is 0.224 e. The number of furan rings is 1. The second-order valence-electron chi connectivity index (χ2n) is 6.95. The van der Waals surface area contributed by atoms with Crippen LogP contribution in [0.5, 0.6) is 11.5 Å². The maximum absolute atomic E-state index is 12.3. The van der Waals surface area contributed by atoms with E-state index < -0.39 is 0 Å². The molecule has 2 aromatic carbocycles. The Bertz CT molecular complexity index is 989. The van der Waals surface area contributed by atoms with E-state index in [1.807, 2.05) is 24.3 Å². The van der Waals surface area contributed by atoms with Crippen LogP contribution in [-0.2, 0) is 17.6 Å². The molecule has 5 heteroatoms. The molecule has 140 valence electrons. The molecule has 1 aliphatic rings. The molecule has 5 nitrogen and oxygen atoms in total. The van der Waals surface area contributed by atoms with Gasteiger partial charge in [0.05, 0.1) is 12.7 Å². The van der Waals surface area contributed by atoms with Crippen LogP contribution in [0.25, 0.3) is 11.0 Å². The van der Waals surface area contributed by atoms with Gasteiger partial charge in [0.1, 0.15) is 18.8 Å². The monoisotopic (exact) mass is 365 g/mol. The average molecular weight is 365 g/mol. The number of hydrogen-bond donors (Lipinski definition) is 1. The third kappa shape index (κ3) is 3.77. The molecule has 1 amide bonds. The molecule has 0 fully saturated rings. The average Bonchev–Trinajstić information content (AvgIpc) is 3.03. The van der Waals surface area contributed by atoms with Crippen LogP contribution < -0.4 is 14.8 Å². The van der Waals surface area contributed by atoms with Gasteiger partial charge in [0.15, 0.2) is 11.5 Å². The third-order valence-corrected chi connectivity index (χ3v) is 4.96. The molecule has 1 N–H and O–H groups in total. The molecule has 4 rings (SSSR count). The summed E-state index contributed by atoms with van der Waals surface area (Å²) >= 11 is 0. The van der Waals surface area contributed by atoms with Gasteiger partial charge >= 0.3 is 0 Å². The van der Waals surface area contributed by atoms with Gasteiger partial charge in [-0.3, -0.25) is 4.79 Å². The molecule has 0 atom stereocenters. The standard InChI is InChI=1S/C22H23NO4/c1-14-9-18-17(13-27-20(18)10-15(14)2)12-22(24)23-6-5-16-3-4-19-21(11-16)26-8-7-25-19/h3-4,9-11,13H,5-8,12H2,1-2H3,(H,23,24). The quantitative estimate of drug-likeness (QED) is 0.749. The highest BCUT2D eigenvalue weighted by Gasteiger charge is 2.13. The van der Waals surface area contributed by atoms with Crippen LogP contribution >= 0.6 is 0 Å². The van der Waals surface area contributed by atoms with Gasteiger partial charge in [0, 0.05) is 17.5 Å². The van der Waals surface area contributed by atoms with Crippen molar-refractivity contribution in [3.8, 4) is 11.5 Å². The normalized spacial score (nSPS) is 13.0. The van der Waals surface area contributed by atoms with Crippen molar-refractivity contribution in [3.63, 3.8) is 0 Å². The summed E-state index contributed by atoms with van der Waals surface area (Å²) in [6, 6.07) is 10.0. The summed E-state index contributed by atoms with van der Waals surface area (Å²) in [5, 5.41) is 4.00. The van der Waals surface area contributed by atoms with Crippen molar-refractivity contribution in [1.29, 1.82) is 0 Å². The molecule has 1 aliphatic heterocycles. The van der Waals surface area contributed by atoms with Gasteiger partial charge in [-0.1, -0.05) is 6.07 Å². The fraction of sp³-hybridized carbons (Fsp3) is 0.318. The van der Waals surface area contributed by atoms with Crippen LogP contribution in [-0.4, -0.2) is 25.7 Å². The fourth-order valence-electron chi connectivity index (χ4n) is 3.30. The molecule has 27 heavy (non-hydrogen) atoms. The molecule has 0 aliphatic carbocycles. The van der Waals surface area contributed by atoms with Crippen LogP contribution in [0.2, 0.25) is 0 Å². The summed E-state index contributed by atoms with van der Waals surface area (Å²) in [6.07, 6.45) is 2.74. The highest BCUT2D eigenvalue weighted by atomic mass is 16.6. The number of amides is 1. The lowest BCUT2D eigenvalue weighted by atomic mass is 10.0. The van der Waals surface area contributed by atoms with E-state index in [-0.39, 0.29) is 5.91 Å². The highest BCUT2D eigenvalue weighted by molar-refractivity contribution is 5.88. The van der Waals surface area contributed by atoms with Gasteiger partial charge in [0.25, 0.3) is 0 Å². The number of rotatable bonds is 5. The summed E-state index contributed by atoms with van der Waals surface area (Å²) in [4.78, 5) is 12.3. The summed E-state index contributed by atoms with van der Waals surface area (Å²) in [7, 11) is 0. The van der Waals surface area contributed by atoms with Crippen molar-refractivity contribution < 1.29 is 18.7 Å². The van der Waals surface area contributed by atoms with E-state index in [4.69, 9.17) is 13.9 Å². The lowest BCUT2D eigenvalue weighted by Crippen LogP contribution is -2.27. The molecule has 0 bridgehead atoms. The maximum Gasteiger partial charge on any atom is 0.224 e. The first-order chi connectivity index (χ1) is 13.1. The number of carbonyl (C=O) groups excluding carboxylic acids is 1. The molecule has 1 aromatic heterocycles. The van der Waals surface area contributed by atoms with Crippen LogP contribution in [0.1, 0.15) is 22.3 Å². The Morgan fingerprint density at radius 2 is 1.81 bits per heavy atom. The molecular weight excluding hydrogens is 342 g/mol. The molecule has 0 spiro atoms. The summed E-state index contributed by atoms with van der Waals surface area (Å²) in [5.74, 6) is 1.56. The topological polar surface area (TPSA) is 60.7 Å². The maximum atomic E-state index is 12.3. The first-order valence-electron chi connectivity index (χ1n) is 9.23. The second kappa shape index (κ2) is 7.35. The van der Waals surface area contributed by atoms with E-state index in [2.05, 4.69) is 25.2 Å². The predicted octanol–water partition coefficient (Wildman–Crippen LogP) is 3.72. The Balaban J connectivity index is 1.34. The minimum atomic E-state index is -0.00604. The Morgan fingerprint density at radius 3 is 2.67 bits per heavy atom. The molecular formula is C22H23NO4. The molecule has 0 radical (unpaired) electrons. The van der Waals surface area contributed by atoms with Gasteiger partial charge in [-0.05, 0) is 61.2 Å². The predicted molar refractivity (Wildman–Crippen MR) is 104 cm³/mol. The van der Waals surface area contributed by atoms with Crippen LogP contribution in [0.15, 0.2) is 41.0 Å². The number of nitrogens with one attached hydrogen (secondary N) is 1. The highest BCUT2D eigenvalue weighted by Crippen LogP contribution is 2.30. The Kier molecular flexibility index (Phi) is 4.75. The first kappa shape index (κ1) is 17.5. The van der Waals surface area contributed by atoms with Crippen molar-refractivity contribution in [2.75, 3.05) is 19.8 Å². The summed E-state index contributed by atoms with van der Waals surface area (Å²) < 4.78 is 16.7. The number of fused-ring (bicyclic) bond motifs is 2. The third-order valence-electron chi connectivity index (χ3n) is 4.96. The van der Waals surface area contributed by atoms with Crippen LogP contribution in [0.4, 0.5) is 0 Å². The van der Waals surface area contributed by atoms with Gasteiger partial charge in [-0.2, -0.15) is 0 Å². The molecule has 0 saturated heterocycles. The minimum Gasteiger partial charge on any atom is -0.486 e. The van der Waals surface area contributed by atoms with Crippen molar-refractivity contribution in [2.45, 2.75) is 26.7 Å². The van der Waals surface area contributed by atoms with Crippen molar-refractivity contribution in [1.82, 2.24) is 5.32 Å². The van der Waals surface area contributed by atoms with Gasteiger partial charge in [0.2, 0.25) is 5.91 Å². The molecule has 0 saturated carbocycles. The van der Waals surface area contributed by atoms with E-state index in [1.165, 1.54) is 11.1 Å². The minimum absolute atomic E-state index is 0.00604. The second-order valence-corrected chi connectivity index (χ2v) is 6.95. The number of aryl methyl sites for hydroxylation is 2. The van der Waals surface area contributed by atoms with Gasteiger partial charge in [-0.15, -0.1) is 0 Å². The Labute approximate surface area is 158 Å². The molecule has 0 unspecified atom stereocenters. The summed E-state index contributed by atoms with van der Waals surface area (Å²) in [6.45, 7) is 5.86. The zero-order valence-electron chi connectivity index (χ0n) is 15.6. The van der Waals surface area contributed by atoms with Gasteiger partial charge in [-0.25, -0.2) is 0 Å². The SMILES string of the molecule is Cc1cc2occ(CC(=O)NCCc3ccc4c(c3)OCCO4)c2cc1C. The van der Waals surface area contributed by atoms with E-state index in [9.17, 15) is 4.79 Å². The number of carbonyl (C=O) groups is 1. The van der Waals surface area contributed by atoms with Gasteiger partial charge < -0.3 is 19.2 Å². The van der Waals surface area contributed by atoms with E-state index in [1.54, 1.807) is 6.26 Å². The van der Waals surface area contributed by atoms with E-state index >= 15 is 0 Å². The van der Waals surface area contributed by atoms with Crippen LogP contribution in [0, 0.1) is 13.8 Å². The van der Waals surface area contributed by atoms with Crippen molar-refractivity contribution >= 4 is 16.9 Å². The number of benzene rings is 2. The fourth-order valence-corrected chi connectivity index (χ4v) is 3.30. The lowest BCUT2D eigenvalue weighted by molar-refractivity contribution is -0.120. The number of hydrogen-bond acceptors (Lipinski definition) is 4. The van der Waals surface area contributed by atoms with E-state index in [0.717, 1.165) is 40.0 Å². The van der Waals surface area contributed by atoms with Crippen molar-refractivity contribution in [2.24, 2.45) is 0 Å². The first-order valence-corrected chi connectivity index (χ1v) is 9.23. The van der Waals surface area contributed by atoms with E-state index in [0.29, 0.717) is 26.2 Å². The van der Waals surface area contributed by atoms with Crippen LogP contribution in [0.3, 0.4) is 0 Å². The van der Waals surface area contributed by atoms with Crippen molar-refractivity contribution in [3.05, 3.63) is 58.8 Å². The molecule has 3 aromatic rings. The summed E-state index contributed by atoms with van der Waals surface area (Å²) in [5.41, 5.74) is 5.25. The number of ether oxygens (including phenoxy) is 2. The Hall–Kier alpha value is -2.95. The Morgan fingerprint density at radius 1 is 1.04 bits per heavy atom. The zero-order chi connectivity index (χ0) is 18.8. The largest absolute Gasteiger partial charge is 0.486 e. The zero-order valence-corrected chi connectivity index (χ0v) is 15.6.